The lowest BCUT2D eigenvalue weighted by molar-refractivity contribution is -0.141. The summed E-state index contributed by atoms with van der Waals surface area (Å²) >= 11 is 0. The van der Waals surface area contributed by atoms with Gasteiger partial charge in [0.2, 0.25) is 17.7 Å². The van der Waals surface area contributed by atoms with Gasteiger partial charge < -0.3 is 20.9 Å². The fourth-order valence-electron chi connectivity index (χ4n) is 5.82. The number of likely N-dealkylation sites (N-methyl/N-ethyl adjacent to an activating group) is 2. The van der Waals surface area contributed by atoms with Gasteiger partial charge in [-0.25, -0.2) is 0 Å². The maximum absolute atomic E-state index is 14.1. The van der Waals surface area contributed by atoms with Gasteiger partial charge >= 0.3 is 0 Å². The van der Waals surface area contributed by atoms with Gasteiger partial charge in [-0.2, -0.15) is 0 Å². The number of benzene rings is 4. The van der Waals surface area contributed by atoms with Crippen LogP contribution >= 0.6 is 0 Å². The van der Waals surface area contributed by atoms with Crippen molar-refractivity contribution in [2.75, 3.05) is 20.6 Å². The molecule has 4 aromatic carbocycles. The maximum atomic E-state index is 14.1. The molecule has 0 radical (unpaired) electrons. The van der Waals surface area contributed by atoms with Gasteiger partial charge in [-0.3, -0.25) is 14.4 Å². The van der Waals surface area contributed by atoms with Crippen molar-refractivity contribution in [1.82, 2.24) is 20.9 Å². The molecule has 0 spiro atoms. The third-order valence-electron chi connectivity index (χ3n) is 8.13. The van der Waals surface area contributed by atoms with Crippen LogP contribution < -0.4 is 16.0 Å². The molecule has 7 heteroatoms. The first kappa shape index (κ1) is 29.0. The van der Waals surface area contributed by atoms with Crippen molar-refractivity contribution in [2.24, 2.45) is 0 Å². The number of hydrogen-bond donors (Lipinski definition) is 3. The SMILES string of the molecule is CNC(=O)[C@@H](Cc1ccccc1)N(C)C(=O)[C@@H](Cc1ccc2ccccc2c1)NC(=O)CC1NCCc2ccccc21. The van der Waals surface area contributed by atoms with Gasteiger partial charge in [0.05, 0.1) is 0 Å². The van der Waals surface area contributed by atoms with E-state index in [1.807, 2.05) is 78.9 Å². The predicted molar refractivity (Wildman–Crippen MR) is 166 cm³/mol. The van der Waals surface area contributed by atoms with Crippen LogP contribution in [0.25, 0.3) is 10.8 Å². The molecule has 0 fully saturated rings. The molecule has 7 nitrogen and oxygen atoms in total. The van der Waals surface area contributed by atoms with E-state index in [4.69, 9.17) is 0 Å². The summed E-state index contributed by atoms with van der Waals surface area (Å²) in [4.78, 5) is 42.1. The first-order valence-corrected chi connectivity index (χ1v) is 14.5. The van der Waals surface area contributed by atoms with E-state index in [-0.39, 0.29) is 30.2 Å². The van der Waals surface area contributed by atoms with E-state index in [1.54, 1.807) is 14.1 Å². The number of nitrogens with zero attached hydrogens (tertiary/aromatic N) is 1. The summed E-state index contributed by atoms with van der Waals surface area (Å²) in [5.74, 6) is -0.775. The summed E-state index contributed by atoms with van der Waals surface area (Å²) in [6.07, 6.45) is 1.80. The van der Waals surface area contributed by atoms with E-state index in [0.717, 1.165) is 40.4 Å². The van der Waals surface area contributed by atoms with Crippen LogP contribution in [0.3, 0.4) is 0 Å². The Morgan fingerprint density at radius 1 is 0.857 bits per heavy atom. The van der Waals surface area contributed by atoms with Crippen molar-refractivity contribution in [3.05, 3.63) is 119 Å². The Balaban J connectivity index is 1.39. The zero-order valence-electron chi connectivity index (χ0n) is 24.2. The molecule has 0 saturated heterocycles. The minimum Gasteiger partial charge on any atom is -0.357 e. The molecule has 3 atom stereocenters. The maximum Gasteiger partial charge on any atom is 0.245 e. The van der Waals surface area contributed by atoms with E-state index in [0.29, 0.717) is 12.8 Å². The lowest BCUT2D eigenvalue weighted by Crippen LogP contribution is -2.55. The fourth-order valence-corrected chi connectivity index (χ4v) is 5.82. The Hall–Kier alpha value is -4.49. The number of hydrogen-bond acceptors (Lipinski definition) is 4. The van der Waals surface area contributed by atoms with Crippen LogP contribution in [-0.2, 0) is 33.6 Å². The van der Waals surface area contributed by atoms with Gasteiger partial charge in [-0.05, 0) is 46.0 Å². The first-order valence-electron chi connectivity index (χ1n) is 14.5. The number of rotatable bonds is 10. The first-order chi connectivity index (χ1) is 20.4. The quantitative estimate of drug-likeness (QED) is 0.273. The highest BCUT2D eigenvalue weighted by atomic mass is 16.2. The highest BCUT2D eigenvalue weighted by Gasteiger charge is 2.33. The Morgan fingerprint density at radius 3 is 2.36 bits per heavy atom. The van der Waals surface area contributed by atoms with Crippen LogP contribution in [-0.4, -0.2) is 55.3 Å². The van der Waals surface area contributed by atoms with Crippen molar-refractivity contribution in [3.8, 4) is 0 Å². The summed E-state index contributed by atoms with van der Waals surface area (Å²) in [5, 5.41) is 11.4. The molecule has 0 aliphatic carbocycles. The molecule has 1 unspecified atom stereocenters. The molecule has 3 N–H and O–H groups in total. The topological polar surface area (TPSA) is 90.5 Å². The zero-order valence-corrected chi connectivity index (χ0v) is 24.2. The van der Waals surface area contributed by atoms with E-state index in [2.05, 4.69) is 34.1 Å². The number of carbonyl (C=O) groups excluding carboxylic acids is 3. The van der Waals surface area contributed by atoms with Gasteiger partial charge in [-0.1, -0.05) is 97.1 Å². The van der Waals surface area contributed by atoms with Crippen LogP contribution in [0.15, 0.2) is 97.1 Å². The second kappa shape index (κ2) is 13.4. The van der Waals surface area contributed by atoms with Crippen molar-refractivity contribution < 1.29 is 14.4 Å². The average Bonchev–Trinajstić information content (AvgIpc) is 3.03. The van der Waals surface area contributed by atoms with E-state index in [1.165, 1.54) is 10.5 Å². The molecule has 1 aliphatic rings. The van der Waals surface area contributed by atoms with Gasteiger partial charge in [-0.15, -0.1) is 0 Å². The van der Waals surface area contributed by atoms with Crippen LogP contribution in [0, 0.1) is 0 Å². The zero-order chi connectivity index (χ0) is 29.5. The average molecular weight is 563 g/mol. The predicted octanol–water partition coefficient (Wildman–Crippen LogP) is 3.96. The van der Waals surface area contributed by atoms with Crippen LogP contribution in [0.5, 0.6) is 0 Å². The van der Waals surface area contributed by atoms with E-state index < -0.39 is 12.1 Å². The molecule has 0 bridgehead atoms. The van der Waals surface area contributed by atoms with Crippen molar-refractivity contribution in [1.29, 1.82) is 0 Å². The molecule has 0 aromatic heterocycles. The van der Waals surface area contributed by atoms with Crippen LogP contribution in [0.4, 0.5) is 0 Å². The Bertz CT molecular complexity index is 1550. The molecule has 3 amide bonds. The monoisotopic (exact) mass is 562 g/mol. The third kappa shape index (κ3) is 6.86. The molecule has 1 heterocycles. The fraction of sp³-hybridized carbons (Fsp3) is 0.286. The summed E-state index contributed by atoms with van der Waals surface area (Å²) < 4.78 is 0. The molecule has 1 aliphatic heterocycles. The largest absolute Gasteiger partial charge is 0.357 e. The van der Waals surface area contributed by atoms with Crippen molar-refractivity contribution in [2.45, 2.75) is 43.8 Å². The Labute approximate surface area is 247 Å². The number of amides is 3. The summed E-state index contributed by atoms with van der Waals surface area (Å²) in [5.41, 5.74) is 4.24. The second-order valence-corrected chi connectivity index (χ2v) is 10.9. The van der Waals surface area contributed by atoms with Gasteiger partial charge in [0.1, 0.15) is 12.1 Å². The van der Waals surface area contributed by atoms with Crippen molar-refractivity contribution in [3.63, 3.8) is 0 Å². The van der Waals surface area contributed by atoms with E-state index in [9.17, 15) is 14.4 Å². The van der Waals surface area contributed by atoms with Gasteiger partial charge in [0.15, 0.2) is 0 Å². The second-order valence-electron chi connectivity index (χ2n) is 10.9. The number of nitrogens with one attached hydrogen (secondary N) is 3. The van der Waals surface area contributed by atoms with Crippen LogP contribution in [0.2, 0.25) is 0 Å². The molecule has 5 rings (SSSR count). The molecule has 216 valence electrons. The summed E-state index contributed by atoms with van der Waals surface area (Å²) in [6, 6.07) is 30.2. The van der Waals surface area contributed by atoms with Crippen LogP contribution in [0.1, 0.15) is 34.7 Å². The third-order valence-corrected chi connectivity index (χ3v) is 8.13. The number of carbonyl (C=O) groups is 3. The molecular weight excluding hydrogens is 524 g/mol. The van der Waals surface area contributed by atoms with Gasteiger partial charge in [0, 0.05) is 39.4 Å². The molecule has 4 aromatic rings. The standard InChI is InChI=1S/C35H38N4O3/c1-36-34(41)32(22-24-10-4-3-5-11-24)39(2)35(42)31(21-25-16-17-26-12-6-7-14-28(26)20-25)38-33(40)23-30-29-15-9-8-13-27(29)18-19-37-30/h3-17,20,30-32,37H,18-19,21-23H2,1-2H3,(H,36,41)(H,38,40)/t30?,31-,32-/m1/s1. The smallest absolute Gasteiger partial charge is 0.245 e. The lowest BCUT2D eigenvalue weighted by Gasteiger charge is -2.31. The minimum atomic E-state index is -0.842. The van der Waals surface area contributed by atoms with E-state index >= 15 is 0 Å². The molecule has 0 saturated carbocycles. The Kier molecular flexibility index (Phi) is 9.29. The summed E-state index contributed by atoms with van der Waals surface area (Å²) in [6.45, 7) is 0.796. The highest BCUT2D eigenvalue weighted by Crippen LogP contribution is 2.25. The lowest BCUT2D eigenvalue weighted by atomic mass is 9.92. The van der Waals surface area contributed by atoms with Gasteiger partial charge in [0.25, 0.3) is 0 Å². The molecular formula is C35H38N4O3. The normalized spacial score (nSPS) is 15.7. The summed E-state index contributed by atoms with van der Waals surface area (Å²) in [7, 11) is 3.21. The highest BCUT2D eigenvalue weighted by molar-refractivity contribution is 5.92. The minimum absolute atomic E-state index is 0.124. The Morgan fingerprint density at radius 2 is 1.57 bits per heavy atom. The van der Waals surface area contributed by atoms with Crippen molar-refractivity contribution >= 4 is 28.5 Å². The molecule has 42 heavy (non-hydrogen) atoms. The number of fused-ring (bicyclic) bond motifs is 2.